The van der Waals surface area contributed by atoms with E-state index in [4.69, 9.17) is 10.5 Å². The number of nitrogens with two attached hydrogens (primary N) is 1. The third-order valence-electron chi connectivity index (χ3n) is 2.86. The van der Waals surface area contributed by atoms with Gasteiger partial charge in [0, 0.05) is 13.2 Å². The SMILES string of the molecule is Cc1noc(N)c1C(=O)OCC(=O)NC(=O)c1cccn1C. The Balaban J connectivity index is 1.90. The first-order valence-electron chi connectivity index (χ1n) is 6.24. The van der Waals surface area contributed by atoms with Gasteiger partial charge in [-0.2, -0.15) is 0 Å². The van der Waals surface area contributed by atoms with Gasteiger partial charge in [-0.25, -0.2) is 4.79 Å². The molecular weight excluding hydrogens is 292 g/mol. The summed E-state index contributed by atoms with van der Waals surface area (Å²) in [7, 11) is 1.66. The van der Waals surface area contributed by atoms with Gasteiger partial charge in [-0.1, -0.05) is 5.16 Å². The van der Waals surface area contributed by atoms with Crippen molar-refractivity contribution in [3.63, 3.8) is 0 Å². The third-order valence-corrected chi connectivity index (χ3v) is 2.86. The van der Waals surface area contributed by atoms with Crippen LogP contribution < -0.4 is 11.1 Å². The Bertz CT molecular complexity index is 711. The van der Waals surface area contributed by atoms with Crippen molar-refractivity contribution >= 4 is 23.7 Å². The fourth-order valence-electron chi connectivity index (χ4n) is 1.76. The zero-order valence-electron chi connectivity index (χ0n) is 12.0. The van der Waals surface area contributed by atoms with Gasteiger partial charge in [0.15, 0.2) is 6.61 Å². The maximum absolute atomic E-state index is 11.8. The van der Waals surface area contributed by atoms with Crippen LogP contribution in [0.15, 0.2) is 22.9 Å². The Kier molecular flexibility index (Phi) is 4.25. The summed E-state index contributed by atoms with van der Waals surface area (Å²) in [6.07, 6.45) is 1.66. The van der Waals surface area contributed by atoms with Crippen LogP contribution in [-0.2, 0) is 16.6 Å². The molecule has 2 amide bonds. The number of esters is 1. The monoisotopic (exact) mass is 306 g/mol. The van der Waals surface area contributed by atoms with Crippen LogP contribution in [-0.4, -0.2) is 34.1 Å². The number of aromatic nitrogens is 2. The number of rotatable bonds is 4. The smallest absolute Gasteiger partial charge is 0.346 e. The quantitative estimate of drug-likeness (QED) is 0.761. The molecule has 0 radical (unpaired) electrons. The molecule has 0 unspecified atom stereocenters. The van der Waals surface area contributed by atoms with Crippen molar-refractivity contribution in [1.29, 1.82) is 0 Å². The molecule has 0 atom stereocenters. The number of nitrogen functional groups attached to an aromatic ring is 1. The molecule has 0 aliphatic rings. The molecule has 2 heterocycles. The summed E-state index contributed by atoms with van der Waals surface area (Å²) in [5, 5.41) is 5.60. The summed E-state index contributed by atoms with van der Waals surface area (Å²) in [6.45, 7) is 0.883. The average molecular weight is 306 g/mol. The van der Waals surface area contributed by atoms with Gasteiger partial charge in [-0.05, 0) is 19.1 Å². The normalized spacial score (nSPS) is 10.3. The molecule has 0 fully saturated rings. The maximum atomic E-state index is 11.8. The van der Waals surface area contributed by atoms with Gasteiger partial charge in [0.25, 0.3) is 11.8 Å². The minimum absolute atomic E-state index is 0.0402. The number of hydrogen-bond acceptors (Lipinski definition) is 7. The summed E-state index contributed by atoms with van der Waals surface area (Å²) in [5.74, 6) is -2.39. The largest absolute Gasteiger partial charge is 0.452 e. The van der Waals surface area contributed by atoms with E-state index in [2.05, 4.69) is 15.0 Å². The van der Waals surface area contributed by atoms with Crippen molar-refractivity contribution in [3.8, 4) is 0 Å². The molecule has 0 aromatic carbocycles. The van der Waals surface area contributed by atoms with Gasteiger partial charge in [-0.15, -0.1) is 0 Å². The van der Waals surface area contributed by atoms with Crippen molar-refractivity contribution in [2.24, 2.45) is 7.05 Å². The number of nitrogens with zero attached hydrogens (tertiary/aromatic N) is 2. The van der Waals surface area contributed by atoms with Gasteiger partial charge < -0.3 is 19.6 Å². The summed E-state index contributed by atoms with van der Waals surface area (Å²) < 4.78 is 10.9. The molecule has 2 rings (SSSR count). The van der Waals surface area contributed by atoms with Crippen LogP contribution in [0.25, 0.3) is 0 Å². The second kappa shape index (κ2) is 6.12. The lowest BCUT2D eigenvalue weighted by molar-refractivity contribution is -0.123. The van der Waals surface area contributed by atoms with E-state index in [1.807, 2.05) is 0 Å². The minimum Gasteiger partial charge on any atom is -0.452 e. The fraction of sp³-hybridized carbons (Fsp3) is 0.231. The highest BCUT2D eigenvalue weighted by Gasteiger charge is 2.21. The number of imide groups is 1. The van der Waals surface area contributed by atoms with Crippen LogP contribution in [0.5, 0.6) is 0 Å². The van der Waals surface area contributed by atoms with Crippen molar-refractivity contribution < 1.29 is 23.6 Å². The number of carbonyl (C=O) groups is 3. The van der Waals surface area contributed by atoms with E-state index in [-0.39, 0.29) is 17.1 Å². The van der Waals surface area contributed by atoms with Gasteiger partial charge in [0.05, 0.1) is 5.69 Å². The molecule has 2 aromatic rings. The Morgan fingerprint density at radius 3 is 2.73 bits per heavy atom. The fourth-order valence-corrected chi connectivity index (χ4v) is 1.76. The van der Waals surface area contributed by atoms with Crippen molar-refractivity contribution in [2.45, 2.75) is 6.92 Å². The third kappa shape index (κ3) is 3.14. The number of amides is 2. The first-order chi connectivity index (χ1) is 10.4. The van der Waals surface area contributed by atoms with Gasteiger partial charge in [0.1, 0.15) is 11.3 Å². The Labute approximate surface area is 125 Å². The lowest BCUT2D eigenvalue weighted by Gasteiger charge is -2.06. The highest BCUT2D eigenvalue weighted by Crippen LogP contribution is 2.16. The van der Waals surface area contributed by atoms with E-state index >= 15 is 0 Å². The molecule has 2 aromatic heterocycles. The van der Waals surface area contributed by atoms with E-state index in [0.717, 1.165) is 0 Å². The molecule has 116 valence electrons. The molecule has 0 spiro atoms. The number of carbonyl (C=O) groups excluding carboxylic acids is 3. The lowest BCUT2D eigenvalue weighted by atomic mass is 10.2. The molecular formula is C13H14N4O5. The second-order valence-electron chi connectivity index (χ2n) is 4.47. The number of anilines is 1. The first kappa shape index (κ1) is 15.3. The number of ether oxygens (including phenoxy) is 1. The Morgan fingerprint density at radius 1 is 1.45 bits per heavy atom. The van der Waals surface area contributed by atoms with Crippen LogP contribution >= 0.6 is 0 Å². The van der Waals surface area contributed by atoms with Crippen LogP contribution in [0.3, 0.4) is 0 Å². The van der Waals surface area contributed by atoms with Crippen molar-refractivity contribution in [3.05, 3.63) is 35.3 Å². The number of aryl methyl sites for hydroxylation is 2. The van der Waals surface area contributed by atoms with E-state index < -0.39 is 24.4 Å². The van der Waals surface area contributed by atoms with Gasteiger partial charge in [-0.3, -0.25) is 14.9 Å². The average Bonchev–Trinajstić information content (AvgIpc) is 3.02. The van der Waals surface area contributed by atoms with E-state index in [1.54, 1.807) is 29.9 Å². The molecule has 0 saturated carbocycles. The summed E-state index contributed by atoms with van der Waals surface area (Å²) in [6, 6.07) is 3.21. The number of nitrogens with one attached hydrogen (secondary N) is 1. The second-order valence-corrected chi connectivity index (χ2v) is 4.47. The molecule has 3 N–H and O–H groups in total. The molecule has 0 saturated heterocycles. The van der Waals surface area contributed by atoms with Crippen molar-refractivity contribution in [2.75, 3.05) is 12.3 Å². The predicted octanol–water partition coefficient (Wildman–Crippen LogP) is 0.0171. The maximum Gasteiger partial charge on any atom is 0.346 e. The van der Waals surface area contributed by atoms with Gasteiger partial charge in [0.2, 0.25) is 5.88 Å². The van der Waals surface area contributed by atoms with Gasteiger partial charge >= 0.3 is 5.97 Å². The summed E-state index contributed by atoms with van der Waals surface area (Å²) >= 11 is 0. The van der Waals surface area contributed by atoms with E-state index in [9.17, 15) is 14.4 Å². The van der Waals surface area contributed by atoms with Crippen LogP contribution in [0, 0.1) is 6.92 Å². The Morgan fingerprint density at radius 2 is 2.18 bits per heavy atom. The van der Waals surface area contributed by atoms with Crippen molar-refractivity contribution in [1.82, 2.24) is 15.0 Å². The van der Waals surface area contributed by atoms with Crippen LogP contribution in [0.1, 0.15) is 26.5 Å². The predicted molar refractivity (Wildman–Crippen MR) is 73.8 cm³/mol. The minimum atomic E-state index is -0.849. The highest BCUT2D eigenvalue weighted by molar-refractivity contribution is 6.05. The summed E-state index contributed by atoms with van der Waals surface area (Å²) in [4.78, 5) is 35.1. The summed E-state index contributed by atoms with van der Waals surface area (Å²) in [5.41, 5.74) is 5.94. The molecule has 22 heavy (non-hydrogen) atoms. The highest BCUT2D eigenvalue weighted by atomic mass is 16.5. The topological polar surface area (TPSA) is 129 Å². The lowest BCUT2D eigenvalue weighted by Crippen LogP contribution is -2.35. The molecule has 0 aliphatic heterocycles. The number of hydrogen-bond donors (Lipinski definition) is 2. The Hall–Kier alpha value is -3.10. The standard InChI is InChI=1S/C13H14N4O5/c1-7-10(11(14)22-16-7)13(20)21-6-9(18)15-12(19)8-4-3-5-17(8)2/h3-5H,6,14H2,1-2H3,(H,15,18,19). The zero-order chi connectivity index (χ0) is 16.3. The van der Waals surface area contributed by atoms with Crippen LogP contribution in [0.2, 0.25) is 0 Å². The zero-order valence-corrected chi connectivity index (χ0v) is 12.0. The molecule has 0 bridgehead atoms. The van der Waals surface area contributed by atoms with Crippen LogP contribution in [0.4, 0.5) is 5.88 Å². The van der Waals surface area contributed by atoms with E-state index in [0.29, 0.717) is 5.69 Å². The molecule has 9 nitrogen and oxygen atoms in total. The van der Waals surface area contributed by atoms with E-state index in [1.165, 1.54) is 6.92 Å². The first-order valence-corrected chi connectivity index (χ1v) is 6.24. The molecule has 0 aliphatic carbocycles. The molecule has 9 heteroatoms.